The Morgan fingerprint density at radius 3 is 1.25 bits per heavy atom. The fourth-order valence-electron chi connectivity index (χ4n) is 3.30. The molecule has 0 heterocycles. The summed E-state index contributed by atoms with van der Waals surface area (Å²) in [5.41, 5.74) is 0. The Bertz CT molecular complexity index is 240. The summed E-state index contributed by atoms with van der Waals surface area (Å²) in [6, 6.07) is 0.410. The highest BCUT2D eigenvalue weighted by Crippen LogP contribution is 2.15. The van der Waals surface area contributed by atoms with Gasteiger partial charge in [-0.15, -0.1) is 0 Å². The Morgan fingerprint density at radius 1 is 0.625 bits per heavy atom. The number of likely N-dealkylation sites (N-methyl/N-ethyl adjacent to an activating group) is 1. The van der Waals surface area contributed by atoms with Crippen LogP contribution in [0.4, 0.5) is 0 Å². The van der Waals surface area contributed by atoms with E-state index in [0.29, 0.717) is 12.6 Å². The Hall–Kier alpha value is 0.400. The van der Waals surface area contributed by atoms with Gasteiger partial charge >= 0.3 is 0 Å². The molecular formula is C21H46BrNO. The fraction of sp³-hybridized carbons (Fsp3) is 1.00. The third-order valence-corrected chi connectivity index (χ3v) is 5.20. The van der Waals surface area contributed by atoms with Crippen LogP contribution in [0.5, 0.6) is 0 Å². The zero-order valence-corrected chi connectivity index (χ0v) is 18.7. The molecule has 0 fully saturated rings. The van der Waals surface area contributed by atoms with Crippen molar-refractivity contribution in [1.82, 2.24) is 0 Å². The summed E-state index contributed by atoms with van der Waals surface area (Å²) in [5.74, 6) is 0. The first-order valence-corrected chi connectivity index (χ1v) is 10.4. The SMILES string of the molecule is CCCCCCCCCCCCCCCCC(CO)[N+](C)(C)C.[Br-]. The standard InChI is InChI=1S/C21H46NO.BrH/c1-5-6-7-8-9-10-11-12-13-14-15-16-17-18-19-21(20-23)22(2,3)4;/h21,23H,5-20H2,1-4H3;1H/q+1;/p-1. The molecule has 3 heteroatoms. The van der Waals surface area contributed by atoms with Gasteiger partial charge in [-0.2, -0.15) is 0 Å². The topological polar surface area (TPSA) is 20.2 Å². The van der Waals surface area contributed by atoms with Crippen LogP contribution < -0.4 is 17.0 Å². The molecule has 0 rings (SSSR count). The Morgan fingerprint density at radius 2 is 0.958 bits per heavy atom. The Kier molecular flexibility index (Phi) is 20.2. The van der Waals surface area contributed by atoms with E-state index in [2.05, 4.69) is 28.1 Å². The van der Waals surface area contributed by atoms with Gasteiger partial charge in [0, 0.05) is 6.42 Å². The zero-order chi connectivity index (χ0) is 17.4. The number of unbranched alkanes of at least 4 members (excludes halogenated alkanes) is 13. The molecule has 0 aromatic rings. The minimum absolute atomic E-state index is 0. The average molecular weight is 409 g/mol. The summed E-state index contributed by atoms with van der Waals surface area (Å²) >= 11 is 0. The normalized spacial score (nSPS) is 12.9. The van der Waals surface area contributed by atoms with Gasteiger partial charge in [0.25, 0.3) is 0 Å². The van der Waals surface area contributed by atoms with E-state index >= 15 is 0 Å². The monoisotopic (exact) mass is 407 g/mol. The first-order chi connectivity index (χ1) is 11.0. The second kappa shape index (κ2) is 18.2. The maximum atomic E-state index is 9.45. The largest absolute Gasteiger partial charge is 1.00 e. The van der Waals surface area contributed by atoms with E-state index in [1.807, 2.05) is 0 Å². The van der Waals surface area contributed by atoms with Gasteiger partial charge in [-0.1, -0.05) is 90.4 Å². The molecular weight excluding hydrogens is 362 g/mol. The molecule has 0 aliphatic carbocycles. The number of quaternary nitrogens is 1. The molecule has 1 N–H and O–H groups in total. The molecule has 0 bridgehead atoms. The minimum Gasteiger partial charge on any atom is -1.00 e. The summed E-state index contributed by atoms with van der Waals surface area (Å²) in [4.78, 5) is 0. The first kappa shape index (κ1) is 26.6. The average Bonchev–Trinajstić information content (AvgIpc) is 2.50. The van der Waals surface area contributed by atoms with Crippen LogP contribution in [0.2, 0.25) is 0 Å². The molecule has 24 heavy (non-hydrogen) atoms. The van der Waals surface area contributed by atoms with Crippen LogP contribution in [-0.2, 0) is 0 Å². The third-order valence-electron chi connectivity index (χ3n) is 5.20. The van der Waals surface area contributed by atoms with Gasteiger partial charge in [-0.05, 0) is 6.42 Å². The lowest BCUT2D eigenvalue weighted by atomic mass is 10.0. The van der Waals surface area contributed by atoms with E-state index in [-0.39, 0.29) is 17.0 Å². The van der Waals surface area contributed by atoms with Crippen molar-refractivity contribution in [2.45, 2.75) is 109 Å². The van der Waals surface area contributed by atoms with Crippen molar-refractivity contribution < 1.29 is 26.6 Å². The molecule has 0 spiro atoms. The minimum atomic E-state index is 0. The van der Waals surface area contributed by atoms with Gasteiger partial charge < -0.3 is 26.6 Å². The lowest BCUT2D eigenvalue weighted by Crippen LogP contribution is -3.00. The molecule has 0 radical (unpaired) electrons. The van der Waals surface area contributed by atoms with Gasteiger partial charge in [0.15, 0.2) is 0 Å². The van der Waals surface area contributed by atoms with Crippen LogP contribution in [0.3, 0.4) is 0 Å². The molecule has 0 amide bonds. The predicted molar refractivity (Wildman–Crippen MR) is 104 cm³/mol. The number of hydrogen-bond acceptors (Lipinski definition) is 1. The highest BCUT2D eigenvalue weighted by Gasteiger charge is 2.21. The van der Waals surface area contributed by atoms with Crippen LogP contribution in [-0.4, -0.2) is 43.4 Å². The fourth-order valence-corrected chi connectivity index (χ4v) is 3.30. The van der Waals surface area contributed by atoms with Crippen molar-refractivity contribution in [3.8, 4) is 0 Å². The Labute approximate surface area is 163 Å². The molecule has 0 saturated heterocycles. The lowest BCUT2D eigenvalue weighted by Gasteiger charge is -2.33. The molecule has 1 atom stereocenters. The summed E-state index contributed by atoms with van der Waals surface area (Å²) < 4.78 is 0.884. The number of aliphatic hydroxyl groups excluding tert-OH is 1. The van der Waals surface area contributed by atoms with Crippen LogP contribution in [0, 0.1) is 0 Å². The molecule has 2 nitrogen and oxygen atoms in total. The van der Waals surface area contributed by atoms with E-state index < -0.39 is 0 Å². The van der Waals surface area contributed by atoms with E-state index in [1.54, 1.807) is 0 Å². The second-order valence-corrected chi connectivity index (χ2v) is 8.34. The van der Waals surface area contributed by atoms with Crippen LogP contribution >= 0.6 is 0 Å². The van der Waals surface area contributed by atoms with Crippen LogP contribution in [0.1, 0.15) is 103 Å². The van der Waals surface area contributed by atoms with E-state index in [0.717, 1.165) is 10.9 Å². The van der Waals surface area contributed by atoms with Gasteiger partial charge in [0.1, 0.15) is 6.04 Å². The molecule has 0 aromatic heterocycles. The van der Waals surface area contributed by atoms with Crippen molar-refractivity contribution in [3.05, 3.63) is 0 Å². The van der Waals surface area contributed by atoms with Gasteiger partial charge in [-0.3, -0.25) is 0 Å². The smallest absolute Gasteiger partial charge is 0.112 e. The highest BCUT2D eigenvalue weighted by molar-refractivity contribution is 4.57. The summed E-state index contributed by atoms with van der Waals surface area (Å²) in [6.45, 7) is 2.61. The number of hydrogen-bond donors (Lipinski definition) is 1. The quantitative estimate of drug-likeness (QED) is 0.290. The first-order valence-electron chi connectivity index (χ1n) is 10.4. The van der Waals surface area contributed by atoms with Gasteiger partial charge in [0.2, 0.25) is 0 Å². The number of nitrogens with zero attached hydrogens (tertiary/aromatic N) is 1. The van der Waals surface area contributed by atoms with E-state index in [4.69, 9.17) is 0 Å². The molecule has 0 saturated carbocycles. The lowest BCUT2D eigenvalue weighted by molar-refractivity contribution is -0.897. The zero-order valence-electron chi connectivity index (χ0n) is 17.2. The van der Waals surface area contributed by atoms with Crippen molar-refractivity contribution in [2.75, 3.05) is 27.7 Å². The van der Waals surface area contributed by atoms with Gasteiger partial charge in [0.05, 0.1) is 27.7 Å². The van der Waals surface area contributed by atoms with Crippen LogP contribution in [0.25, 0.3) is 0 Å². The highest BCUT2D eigenvalue weighted by atomic mass is 79.9. The number of aliphatic hydroxyl groups is 1. The van der Waals surface area contributed by atoms with Crippen molar-refractivity contribution >= 4 is 0 Å². The molecule has 0 aromatic carbocycles. The summed E-state index contributed by atoms with van der Waals surface area (Å²) in [7, 11) is 6.56. The van der Waals surface area contributed by atoms with E-state index in [1.165, 1.54) is 89.9 Å². The van der Waals surface area contributed by atoms with Gasteiger partial charge in [-0.25, -0.2) is 0 Å². The maximum absolute atomic E-state index is 9.45. The maximum Gasteiger partial charge on any atom is 0.112 e. The molecule has 0 aliphatic rings. The predicted octanol–water partition coefficient (Wildman–Crippen LogP) is 2.93. The van der Waals surface area contributed by atoms with Crippen molar-refractivity contribution in [1.29, 1.82) is 0 Å². The molecule has 148 valence electrons. The van der Waals surface area contributed by atoms with Crippen LogP contribution in [0.15, 0.2) is 0 Å². The summed E-state index contributed by atoms with van der Waals surface area (Å²) in [5, 5.41) is 9.45. The summed E-state index contributed by atoms with van der Waals surface area (Å²) in [6.07, 6.45) is 20.9. The second-order valence-electron chi connectivity index (χ2n) is 8.34. The van der Waals surface area contributed by atoms with E-state index in [9.17, 15) is 5.11 Å². The molecule has 0 aliphatic heterocycles. The number of rotatable bonds is 17. The van der Waals surface area contributed by atoms with Crippen molar-refractivity contribution in [3.63, 3.8) is 0 Å². The Balaban J connectivity index is 0. The molecule has 1 unspecified atom stereocenters. The van der Waals surface area contributed by atoms with Crippen molar-refractivity contribution in [2.24, 2.45) is 0 Å². The third kappa shape index (κ3) is 17.2. The number of halogens is 1.